The molecule has 27 heavy (non-hydrogen) atoms. The number of carboxylic acids is 1. The molecule has 0 radical (unpaired) electrons. The third kappa shape index (κ3) is 3.12. The first kappa shape index (κ1) is 17.1. The van der Waals surface area contributed by atoms with Gasteiger partial charge in [0.25, 0.3) is 0 Å². The maximum atomic E-state index is 14.4. The summed E-state index contributed by atoms with van der Waals surface area (Å²) in [6.45, 7) is 2.82. The number of hydrogen-bond donors (Lipinski definition) is 1. The van der Waals surface area contributed by atoms with Crippen LogP contribution in [0.4, 0.5) is 10.1 Å². The van der Waals surface area contributed by atoms with Crippen LogP contribution in [0.5, 0.6) is 0 Å². The molecule has 0 fully saturated rings. The fourth-order valence-electron chi connectivity index (χ4n) is 3.32. The number of hydrogen-bond acceptors (Lipinski definition) is 5. The Morgan fingerprint density at radius 3 is 2.81 bits per heavy atom. The van der Waals surface area contributed by atoms with Crippen molar-refractivity contribution in [1.29, 1.82) is 0 Å². The van der Waals surface area contributed by atoms with E-state index in [1.165, 1.54) is 6.07 Å². The van der Waals surface area contributed by atoms with Crippen LogP contribution in [-0.4, -0.2) is 32.6 Å². The van der Waals surface area contributed by atoms with Crippen LogP contribution < -0.4 is 4.90 Å². The minimum Gasteiger partial charge on any atom is -0.478 e. The van der Waals surface area contributed by atoms with Gasteiger partial charge in [-0.25, -0.2) is 19.2 Å². The second-order valence-corrected chi connectivity index (χ2v) is 6.43. The van der Waals surface area contributed by atoms with Crippen LogP contribution in [0.1, 0.15) is 27.2 Å². The number of nitrogens with zero attached hydrogens (tertiary/aromatic N) is 4. The van der Waals surface area contributed by atoms with Crippen LogP contribution in [0.15, 0.2) is 42.7 Å². The number of rotatable bonds is 3. The number of aromatic nitrogens is 3. The normalized spacial score (nSPS) is 13.3. The van der Waals surface area contributed by atoms with Crippen molar-refractivity contribution in [1.82, 2.24) is 15.0 Å². The summed E-state index contributed by atoms with van der Waals surface area (Å²) in [6.07, 6.45) is 4.19. The number of halogens is 1. The molecule has 2 aromatic heterocycles. The molecule has 0 spiro atoms. The van der Waals surface area contributed by atoms with E-state index in [-0.39, 0.29) is 5.56 Å². The van der Waals surface area contributed by atoms with Crippen LogP contribution in [-0.2, 0) is 13.0 Å². The maximum absolute atomic E-state index is 14.4. The number of anilines is 1. The molecule has 0 unspecified atom stereocenters. The third-order valence-corrected chi connectivity index (χ3v) is 4.76. The quantitative estimate of drug-likeness (QED) is 0.769. The largest absolute Gasteiger partial charge is 0.478 e. The van der Waals surface area contributed by atoms with Gasteiger partial charge < -0.3 is 10.0 Å². The van der Waals surface area contributed by atoms with E-state index in [1.54, 1.807) is 25.4 Å². The van der Waals surface area contributed by atoms with Crippen molar-refractivity contribution in [2.45, 2.75) is 19.9 Å². The topological polar surface area (TPSA) is 79.2 Å². The van der Waals surface area contributed by atoms with E-state index in [0.717, 1.165) is 17.0 Å². The van der Waals surface area contributed by atoms with E-state index in [2.05, 4.69) is 15.0 Å². The summed E-state index contributed by atoms with van der Waals surface area (Å²) in [7, 11) is 0. The molecule has 0 amide bonds. The lowest BCUT2D eigenvalue weighted by atomic mass is 10.0. The fraction of sp³-hybridized carbons (Fsp3) is 0.200. The number of aromatic carboxylic acids is 1. The molecule has 0 bridgehead atoms. The van der Waals surface area contributed by atoms with Crippen molar-refractivity contribution in [2.24, 2.45) is 0 Å². The van der Waals surface area contributed by atoms with Crippen molar-refractivity contribution in [2.75, 3.05) is 11.4 Å². The molecule has 3 heterocycles. The highest BCUT2D eigenvalue weighted by Crippen LogP contribution is 2.29. The Bertz CT molecular complexity index is 1020. The van der Waals surface area contributed by atoms with Crippen LogP contribution in [0.25, 0.3) is 11.5 Å². The van der Waals surface area contributed by atoms with Crippen LogP contribution in [0, 0.1) is 12.7 Å². The van der Waals surface area contributed by atoms with Gasteiger partial charge in [0.1, 0.15) is 11.5 Å². The zero-order chi connectivity index (χ0) is 19.0. The lowest BCUT2D eigenvalue weighted by molar-refractivity contribution is 0.0691. The molecule has 0 atom stereocenters. The molecular weight excluding hydrogens is 347 g/mol. The van der Waals surface area contributed by atoms with Gasteiger partial charge in [0.2, 0.25) is 0 Å². The highest BCUT2D eigenvalue weighted by Gasteiger charge is 2.23. The van der Waals surface area contributed by atoms with E-state index in [4.69, 9.17) is 5.11 Å². The SMILES string of the molecule is Cc1c(N2CCc3nc(-c4ccccn4)ncc3C2)ccc(C(=O)O)c1F. The Morgan fingerprint density at radius 2 is 2.07 bits per heavy atom. The summed E-state index contributed by atoms with van der Waals surface area (Å²) in [5.41, 5.74) is 3.38. The molecule has 0 aliphatic carbocycles. The number of benzene rings is 1. The van der Waals surface area contributed by atoms with Gasteiger partial charge in [-0.3, -0.25) is 4.98 Å². The summed E-state index contributed by atoms with van der Waals surface area (Å²) >= 11 is 0. The Balaban J connectivity index is 1.63. The monoisotopic (exact) mass is 364 g/mol. The van der Waals surface area contributed by atoms with E-state index in [0.29, 0.717) is 36.6 Å². The zero-order valence-electron chi connectivity index (χ0n) is 14.7. The molecule has 136 valence electrons. The van der Waals surface area contributed by atoms with Crippen LogP contribution in [0.3, 0.4) is 0 Å². The predicted molar refractivity (Wildman–Crippen MR) is 98.1 cm³/mol. The highest BCUT2D eigenvalue weighted by molar-refractivity contribution is 5.89. The molecular formula is C20H17FN4O2. The van der Waals surface area contributed by atoms with Gasteiger partial charge in [-0.1, -0.05) is 6.07 Å². The highest BCUT2D eigenvalue weighted by atomic mass is 19.1. The minimum absolute atomic E-state index is 0.308. The van der Waals surface area contributed by atoms with E-state index in [9.17, 15) is 9.18 Å². The standard InChI is InChI=1S/C20H17FN4O2/c1-12-17(6-5-14(18(12)21)20(26)27)25-9-7-15-13(11-25)10-23-19(24-15)16-4-2-3-8-22-16/h2-6,8,10H,7,9,11H2,1H3,(H,26,27). The lowest BCUT2D eigenvalue weighted by Crippen LogP contribution is -2.32. The average Bonchev–Trinajstić information content (AvgIpc) is 2.69. The van der Waals surface area contributed by atoms with Crippen molar-refractivity contribution < 1.29 is 14.3 Å². The van der Waals surface area contributed by atoms with Crippen molar-refractivity contribution in [3.63, 3.8) is 0 Å². The first-order chi connectivity index (χ1) is 13.0. The molecule has 7 heteroatoms. The minimum atomic E-state index is -1.26. The Labute approximate surface area is 155 Å². The van der Waals surface area contributed by atoms with Crippen molar-refractivity contribution >= 4 is 11.7 Å². The Hall–Kier alpha value is -3.35. The molecule has 1 aliphatic rings. The predicted octanol–water partition coefficient (Wildman–Crippen LogP) is 3.25. The number of pyridine rings is 1. The zero-order valence-corrected chi connectivity index (χ0v) is 14.7. The first-order valence-corrected chi connectivity index (χ1v) is 8.58. The Kier molecular flexibility index (Phi) is 4.27. The molecule has 1 aromatic carbocycles. The molecule has 1 aliphatic heterocycles. The summed E-state index contributed by atoms with van der Waals surface area (Å²) < 4.78 is 14.4. The van der Waals surface area contributed by atoms with Gasteiger partial charge in [-0.05, 0) is 31.2 Å². The van der Waals surface area contributed by atoms with E-state index >= 15 is 0 Å². The van der Waals surface area contributed by atoms with Gasteiger partial charge in [0.05, 0.1) is 11.3 Å². The van der Waals surface area contributed by atoms with Crippen LogP contribution >= 0.6 is 0 Å². The summed E-state index contributed by atoms with van der Waals surface area (Å²) in [5, 5.41) is 9.07. The first-order valence-electron chi connectivity index (χ1n) is 8.58. The van der Waals surface area contributed by atoms with E-state index < -0.39 is 11.8 Å². The Morgan fingerprint density at radius 1 is 1.22 bits per heavy atom. The number of carbonyl (C=O) groups is 1. The molecule has 0 saturated carbocycles. The lowest BCUT2D eigenvalue weighted by Gasteiger charge is -2.31. The van der Waals surface area contributed by atoms with Gasteiger partial charge in [-0.15, -0.1) is 0 Å². The van der Waals surface area contributed by atoms with Crippen LogP contribution in [0.2, 0.25) is 0 Å². The second-order valence-electron chi connectivity index (χ2n) is 6.43. The summed E-state index contributed by atoms with van der Waals surface area (Å²) in [5.74, 6) is -1.36. The average molecular weight is 364 g/mol. The second kappa shape index (κ2) is 6.75. The smallest absolute Gasteiger partial charge is 0.338 e. The van der Waals surface area contributed by atoms with Crippen molar-refractivity contribution in [3.8, 4) is 11.5 Å². The maximum Gasteiger partial charge on any atom is 0.338 e. The van der Waals surface area contributed by atoms with Gasteiger partial charge in [0, 0.05) is 48.7 Å². The van der Waals surface area contributed by atoms with Crippen molar-refractivity contribution in [3.05, 3.63) is 70.9 Å². The molecule has 1 N–H and O–H groups in total. The van der Waals surface area contributed by atoms with Gasteiger partial charge in [-0.2, -0.15) is 0 Å². The third-order valence-electron chi connectivity index (χ3n) is 4.76. The molecule has 6 nitrogen and oxygen atoms in total. The molecule has 0 saturated heterocycles. The van der Waals surface area contributed by atoms with Gasteiger partial charge >= 0.3 is 5.97 Å². The van der Waals surface area contributed by atoms with E-state index in [1.807, 2.05) is 23.1 Å². The van der Waals surface area contributed by atoms with Gasteiger partial charge in [0.15, 0.2) is 5.82 Å². The molecule has 4 rings (SSSR count). The number of fused-ring (bicyclic) bond motifs is 1. The number of carboxylic acid groups (broad SMARTS) is 1. The summed E-state index contributed by atoms with van der Waals surface area (Å²) in [4.78, 5) is 26.5. The fourth-order valence-corrected chi connectivity index (χ4v) is 3.32. The molecule has 3 aromatic rings. The summed E-state index contributed by atoms with van der Waals surface area (Å²) in [6, 6.07) is 8.58.